The molecule has 0 bridgehead atoms. The van der Waals surface area contributed by atoms with Crippen molar-refractivity contribution in [2.24, 2.45) is 5.73 Å². The van der Waals surface area contributed by atoms with E-state index in [1.807, 2.05) is 0 Å². The molecule has 3 N–H and O–H groups in total. The molecule has 1 aromatic carbocycles. The predicted octanol–water partition coefficient (Wildman–Crippen LogP) is 1.29. The zero-order chi connectivity index (χ0) is 13.7. The minimum atomic E-state index is -0.673. The first-order valence-electron chi connectivity index (χ1n) is 5.43. The molecule has 1 amide bonds. The van der Waals surface area contributed by atoms with Crippen LogP contribution in [0.25, 0.3) is 0 Å². The van der Waals surface area contributed by atoms with E-state index in [1.165, 1.54) is 19.2 Å². The minimum Gasteiger partial charge on any atom is -0.467 e. The molecular formula is C12H15FN2O3. The lowest BCUT2D eigenvalue weighted by Gasteiger charge is -2.16. The van der Waals surface area contributed by atoms with Gasteiger partial charge in [-0.25, -0.2) is 9.18 Å². The van der Waals surface area contributed by atoms with Crippen LogP contribution in [0, 0.1) is 5.82 Å². The van der Waals surface area contributed by atoms with Gasteiger partial charge in [-0.2, -0.15) is 0 Å². The van der Waals surface area contributed by atoms with Crippen molar-refractivity contribution in [3.8, 4) is 0 Å². The third-order valence-corrected chi connectivity index (χ3v) is 2.47. The van der Waals surface area contributed by atoms with Gasteiger partial charge in [0.1, 0.15) is 11.9 Å². The molecule has 18 heavy (non-hydrogen) atoms. The quantitative estimate of drug-likeness (QED) is 0.776. The molecule has 98 valence electrons. The Labute approximate surface area is 104 Å². The van der Waals surface area contributed by atoms with E-state index < -0.39 is 23.7 Å². The van der Waals surface area contributed by atoms with Crippen molar-refractivity contribution in [2.45, 2.75) is 19.4 Å². The second kappa shape index (κ2) is 6.00. The highest BCUT2D eigenvalue weighted by Crippen LogP contribution is 2.18. The number of anilines is 1. The van der Waals surface area contributed by atoms with Gasteiger partial charge in [0.2, 0.25) is 5.91 Å². The Balaban J connectivity index is 2.98. The van der Waals surface area contributed by atoms with E-state index in [1.54, 1.807) is 6.92 Å². The summed E-state index contributed by atoms with van der Waals surface area (Å²) in [5.74, 6) is -1.73. The average molecular weight is 254 g/mol. The number of carbonyl (C=O) groups excluding carboxylic acids is 2. The summed E-state index contributed by atoms with van der Waals surface area (Å²) < 4.78 is 18.1. The lowest BCUT2D eigenvalue weighted by Crippen LogP contribution is -2.30. The van der Waals surface area contributed by atoms with Crippen LogP contribution in [-0.2, 0) is 9.53 Å². The van der Waals surface area contributed by atoms with E-state index in [-0.39, 0.29) is 11.3 Å². The van der Waals surface area contributed by atoms with Crippen molar-refractivity contribution < 1.29 is 18.7 Å². The monoisotopic (exact) mass is 254 g/mol. The predicted molar refractivity (Wildman–Crippen MR) is 64.6 cm³/mol. The number of nitrogens with one attached hydrogen (secondary N) is 1. The van der Waals surface area contributed by atoms with E-state index >= 15 is 0 Å². The molecule has 0 saturated carbocycles. The molecule has 0 aliphatic carbocycles. The Hall–Kier alpha value is -2.11. The number of carbonyl (C=O) groups is 2. The molecule has 1 aromatic rings. The summed E-state index contributed by atoms with van der Waals surface area (Å²) in [5, 5.41) is 2.69. The van der Waals surface area contributed by atoms with Crippen LogP contribution in [0.1, 0.15) is 23.7 Å². The Morgan fingerprint density at radius 3 is 2.67 bits per heavy atom. The van der Waals surface area contributed by atoms with Crippen LogP contribution < -0.4 is 11.1 Å². The van der Waals surface area contributed by atoms with Crippen molar-refractivity contribution >= 4 is 17.6 Å². The van der Waals surface area contributed by atoms with E-state index in [0.717, 1.165) is 6.07 Å². The fraction of sp³-hybridized carbons (Fsp3) is 0.333. The summed E-state index contributed by atoms with van der Waals surface area (Å²) in [6.07, 6.45) is 0.424. The van der Waals surface area contributed by atoms with Gasteiger partial charge in [0.15, 0.2) is 0 Å². The molecule has 1 rings (SSSR count). The second-order valence-electron chi connectivity index (χ2n) is 3.69. The van der Waals surface area contributed by atoms with E-state index in [9.17, 15) is 14.0 Å². The Kier molecular flexibility index (Phi) is 4.65. The second-order valence-corrected chi connectivity index (χ2v) is 3.69. The Morgan fingerprint density at radius 1 is 1.50 bits per heavy atom. The van der Waals surface area contributed by atoms with Crippen molar-refractivity contribution in [2.75, 3.05) is 12.4 Å². The van der Waals surface area contributed by atoms with Crippen molar-refractivity contribution in [1.82, 2.24) is 0 Å². The van der Waals surface area contributed by atoms with Crippen LogP contribution in [0.15, 0.2) is 18.2 Å². The molecule has 0 aliphatic heterocycles. The van der Waals surface area contributed by atoms with Crippen LogP contribution in [0.5, 0.6) is 0 Å². The van der Waals surface area contributed by atoms with Crippen LogP contribution in [-0.4, -0.2) is 25.0 Å². The highest BCUT2D eigenvalue weighted by Gasteiger charge is 2.18. The number of ether oxygens (including phenoxy) is 1. The normalized spacial score (nSPS) is 11.7. The number of halogens is 1. The summed E-state index contributed by atoms with van der Waals surface area (Å²) in [4.78, 5) is 22.4. The number of hydrogen-bond acceptors (Lipinski definition) is 4. The molecule has 1 unspecified atom stereocenters. The standard InChI is InChI=1S/C12H15FN2O3/c1-3-9(12(17)18-2)15-10-6-7(11(14)16)4-5-8(10)13/h4-6,9,15H,3H2,1-2H3,(H2,14,16). The smallest absolute Gasteiger partial charge is 0.328 e. The molecule has 6 heteroatoms. The summed E-state index contributed by atoms with van der Waals surface area (Å²) >= 11 is 0. The fourth-order valence-corrected chi connectivity index (χ4v) is 1.45. The minimum absolute atomic E-state index is 0.0450. The van der Waals surface area contributed by atoms with E-state index in [4.69, 9.17) is 5.73 Å². The average Bonchev–Trinajstić information content (AvgIpc) is 2.36. The molecule has 0 saturated heterocycles. The zero-order valence-corrected chi connectivity index (χ0v) is 10.2. The topological polar surface area (TPSA) is 81.4 Å². The van der Waals surface area contributed by atoms with Crippen LogP contribution in [0.3, 0.4) is 0 Å². The number of primary amides is 1. The SMILES string of the molecule is CCC(Nc1cc(C(N)=O)ccc1F)C(=O)OC. The molecular weight excluding hydrogens is 239 g/mol. The Morgan fingerprint density at radius 2 is 2.17 bits per heavy atom. The number of esters is 1. The van der Waals surface area contributed by atoms with Gasteiger partial charge in [-0.1, -0.05) is 6.92 Å². The van der Waals surface area contributed by atoms with Gasteiger partial charge >= 0.3 is 5.97 Å². The van der Waals surface area contributed by atoms with Crippen molar-refractivity contribution in [3.63, 3.8) is 0 Å². The first-order chi connectivity index (χ1) is 8.49. The summed E-state index contributed by atoms with van der Waals surface area (Å²) in [5.41, 5.74) is 5.31. The maximum atomic E-state index is 13.5. The third-order valence-electron chi connectivity index (χ3n) is 2.47. The molecule has 0 spiro atoms. The highest BCUT2D eigenvalue weighted by atomic mass is 19.1. The van der Waals surface area contributed by atoms with Crippen LogP contribution in [0.4, 0.5) is 10.1 Å². The lowest BCUT2D eigenvalue weighted by molar-refractivity contribution is -0.141. The van der Waals surface area contributed by atoms with Gasteiger partial charge in [-0.3, -0.25) is 4.79 Å². The Bertz CT molecular complexity index is 463. The number of methoxy groups -OCH3 is 1. The fourth-order valence-electron chi connectivity index (χ4n) is 1.45. The van der Waals surface area contributed by atoms with Crippen molar-refractivity contribution in [3.05, 3.63) is 29.6 Å². The van der Waals surface area contributed by atoms with Gasteiger partial charge < -0.3 is 15.8 Å². The molecule has 0 radical (unpaired) electrons. The van der Waals surface area contributed by atoms with Gasteiger partial charge in [-0.15, -0.1) is 0 Å². The molecule has 1 atom stereocenters. The third kappa shape index (κ3) is 3.19. The maximum absolute atomic E-state index is 13.5. The molecule has 0 aromatic heterocycles. The number of nitrogens with two attached hydrogens (primary N) is 1. The summed E-state index contributed by atoms with van der Waals surface area (Å²) in [7, 11) is 1.25. The van der Waals surface area contributed by atoms with Crippen molar-refractivity contribution in [1.29, 1.82) is 0 Å². The molecule has 0 aliphatic rings. The number of benzene rings is 1. The maximum Gasteiger partial charge on any atom is 0.328 e. The first-order valence-corrected chi connectivity index (χ1v) is 5.43. The van der Waals surface area contributed by atoms with Gasteiger partial charge in [0, 0.05) is 5.56 Å². The number of rotatable bonds is 5. The number of hydrogen-bond donors (Lipinski definition) is 2. The zero-order valence-electron chi connectivity index (χ0n) is 10.2. The van der Waals surface area contributed by atoms with Gasteiger partial charge in [0.25, 0.3) is 0 Å². The summed E-state index contributed by atoms with van der Waals surface area (Å²) in [6.45, 7) is 1.75. The molecule has 0 fully saturated rings. The van der Waals surface area contributed by atoms with E-state index in [2.05, 4.69) is 10.1 Å². The highest BCUT2D eigenvalue weighted by molar-refractivity contribution is 5.94. The summed E-state index contributed by atoms with van der Waals surface area (Å²) in [6, 6.07) is 2.99. The molecule has 0 heterocycles. The van der Waals surface area contributed by atoms with E-state index in [0.29, 0.717) is 6.42 Å². The van der Waals surface area contributed by atoms with Crippen LogP contribution in [0.2, 0.25) is 0 Å². The largest absolute Gasteiger partial charge is 0.467 e. The lowest BCUT2D eigenvalue weighted by atomic mass is 10.1. The van der Waals surface area contributed by atoms with Gasteiger partial charge in [-0.05, 0) is 24.6 Å². The van der Waals surface area contributed by atoms with Gasteiger partial charge in [0.05, 0.1) is 12.8 Å². The number of amides is 1. The first kappa shape index (κ1) is 14.0. The van der Waals surface area contributed by atoms with Crippen LogP contribution >= 0.6 is 0 Å². The molecule has 5 nitrogen and oxygen atoms in total.